The lowest BCUT2D eigenvalue weighted by atomic mass is 10.1. The van der Waals surface area contributed by atoms with Crippen LogP contribution in [0.2, 0.25) is 0 Å². The molecule has 2 aromatic rings. The van der Waals surface area contributed by atoms with Crippen molar-refractivity contribution in [3.05, 3.63) is 23.8 Å². The second-order valence-electron chi connectivity index (χ2n) is 6.41. The number of carbonyl (C=O) groups is 1. The topological polar surface area (TPSA) is 49.3 Å². The molecule has 1 amide bonds. The molecule has 3 rings (SSSR count). The molecule has 22 heavy (non-hydrogen) atoms. The fourth-order valence-corrected chi connectivity index (χ4v) is 3.49. The first-order valence-electron chi connectivity index (χ1n) is 7.78. The fourth-order valence-electron chi connectivity index (χ4n) is 2.97. The maximum absolute atomic E-state index is 12.5. The number of hydrogen-bond acceptors (Lipinski definition) is 5. The van der Waals surface area contributed by atoms with Crippen LogP contribution in [0.5, 0.6) is 0 Å². The second kappa shape index (κ2) is 6.30. The minimum absolute atomic E-state index is 0.0586. The molecular weight excluding hydrogens is 296 g/mol. The Kier molecular flexibility index (Phi) is 4.40. The average molecular weight is 318 g/mol. The highest BCUT2D eigenvalue weighted by atomic mass is 32.1. The first kappa shape index (κ1) is 15.4. The lowest BCUT2D eigenvalue weighted by molar-refractivity contribution is -0.141. The summed E-state index contributed by atoms with van der Waals surface area (Å²) in [5, 5.41) is 0. The molecule has 1 unspecified atom stereocenters. The summed E-state index contributed by atoms with van der Waals surface area (Å²) >= 11 is 1.24. The lowest BCUT2D eigenvalue weighted by Crippen LogP contribution is -2.56. The van der Waals surface area contributed by atoms with Crippen LogP contribution in [-0.4, -0.2) is 50.1 Å². The average Bonchev–Trinajstić information content (AvgIpc) is 2.94. The Balaban J connectivity index is 1.69. The first-order chi connectivity index (χ1) is 10.5. The number of aromatic nitrogens is 2. The number of amides is 1. The molecule has 118 valence electrons. The van der Waals surface area contributed by atoms with Gasteiger partial charge in [-0.2, -0.15) is 8.75 Å². The van der Waals surface area contributed by atoms with Crippen LogP contribution >= 0.6 is 11.7 Å². The summed E-state index contributed by atoms with van der Waals surface area (Å²) in [4.78, 5) is 16.7. The van der Waals surface area contributed by atoms with Crippen LogP contribution in [0, 0.1) is 5.92 Å². The second-order valence-corrected chi connectivity index (χ2v) is 6.94. The molecule has 1 aromatic carbocycles. The number of rotatable bonds is 4. The zero-order valence-electron chi connectivity index (χ0n) is 13.3. The summed E-state index contributed by atoms with van der Waals surface area (Å²) in [5.41, 5.74) is 3.08. The summed E-state index contributed by atoms with van der Waals surface area (Å²) in [7, 11) is 0. The predicted molar refractivity (Wildman–Crippen MR) is 88.7 cm³/mol. The van der Waals surface area contributed by atoms with E-state index in [0.717, 1.165) is 37.2 Å². The van der Waals surface area contributed by atoms with Gasteiger partial charge in [-0.25, -0.2) is 0 Å². The van der Waals surface area contributed by atoms with Crippen LogP contribution in [0.4, 0.5) is 0 Å². The van der Waals surface area contributed by atoms with Gasteiger partial charge in [0.1, 0.15) is 11.0 Å². The third-order valence-electron chi connectivity index (χ3n) is 4.16. The van der Waals surface area contributed by atoms with Crippen molar-refractivity contribution < 1.29 is 4.79 Å². The molecule has 1 aliphatic heterocycles. The Morgan fingerprint density at radius 2 is 2.05 bits per heavy atom. The van der Waals surface area contributed by atoms with E-state index in [1.54, 1.807) is 0 Å². The van der Waals surface area contributed by atoms with Gasteiger partial charge in [-0.05, 0) is 30.5 Å². The molecule has 1 fully saturated rings. The summed E-state index contributed by atoms with van der Waals surface area (Å²) in [6, 6.07) is 6.12. The van der Waals surface area contributed by atoms with Gasteiger partial charge >= 0.3 is 0 Å². The number of piperazine rings is 1. The van der Waals surface area contributed by atoms with E-state index in [4.69, 9.17) is 0 Å². The number of hydrogen-bond donors (Lipinski definition) is 0. The maximum Gasteiger partial charge on any atom is 0.239 e. The van der Waals surface area contributed by atoms with Crippen LogP contribution in [0.3, 0.4) is 0 Å². The van der Waals surface area contributed by atoms with Crippen LogP contribution in [0.25, 0.3) is 11.0 Å². The smallest absolute Gasteiger partial charge is 0.239 e. The summed E-state index contributed by atoms with van der Waals surface area (Å²) in [6.07, 6.45) is 0. The van der Waals surface area contributed by atoms with Crippen LogP contribution in [-0.2, 0) is 11.3 Å². The van der Waals surface area contributed by atoms with Crippen molar-refractivity contribution in [3.63, 3.8) is 0 Å². The predicted octanol–water partition coefficient (Wildman–Crippen LogP) is 2.38. The number of fused-ring (bicyclic) bond motifs is 1. The number of carbonyl (C=O) groups excluding carboxylic acids is 1. The standard InChI is InChI=1S/C16H22N4OS/c1-11(2)9-20-7-6-19(12(3)16(20)21)10-13-4-5-14-15(8-13)18-22-17-14/h4-5,8,11-12H,6-7,9-10H2,1-3H3. The Bertz CT molecular complexity index is 669. The highest BCUT2D eigenvalue weighted by molar-refractivity contribution is 7.00. The molecule has 1 saturated heterocycles. The van der Waals surface area contributed by atoms with Gasteiger partial charge in [-0.1, -0.05) is 19.9 Å². The number of nitrogens with zero attached hydrogens (tertiary/aromatic N) is 4. The van der Waals surface area contributed by atoms with E-state index in [1.807, 2.05) is 17.9 Å². The third-order valence-corrected chi connectivity index (χ3v) is 4.72. The lowest BCUT2D eigenvalue weighted by Gasteiger charge is -2.39. The Morgan fingerprint density at radius 3 is 2.82 bits per heavy atom. The quantitative estimate of drug-likeness (QED) is 0.868. The minimum atomic E-state index is -0.0586. The molecule has 0 radical (unpaired) electrons. The van der Waals surface area contributed by atoms with Gasteiger partial charge in [0.25, 0.3) is 0 Å². The summed E-state index contributed by atoms with van der Waals surface area (Å²) in [6.45, 7) is 9.71. The molecule has 0 bridgehead atoms. The van der Waals surface area contributed by atoms with E-state index < -0.39 is 0 Å². The van der Waals surface area contributed by atoms with Crippen LogP contribution < -0.4 is 0 Å². The van der Waals surface area contributed by atoms with Gasteiger partial charge < -0.3 is 4.90 Å². The van der Waals surface area contributed by atoms with Gasteiger partial charge in [0.15, 0.2) is 0 Å². The zero-order chi connectivity index (χ0) is 15.7. The maximum atomic E-state index is 12.5. The van der Waals surface area contributed by atoms with E-state index in [1.165, 1.54) is 17.3 Å². The van der Waals surface area contributed by atoms with Crippen LogP contribution in [0.1, 0.15) is 26.3 Å². The molecule has 0 aliphatic carbocycles. The first-order valence-corrected chi connectivity index (χ1v) is 8.51. The van der Waals surface area contributed by atoms with Crippen molar-refractivity contribution >= 4 is 28.7 Å². The van der Waals surface area contributed by atoms with Gasteiger partial charge in [0.2, 0.25) is 5.91 Å². The van der Waals surface area contributed by atoms with Gasteiger partial charge in [-0.3, -0.25) is 9.69 Å². The van der Waals surface area contributed by atoms with Crippen molar-refractivity contribution in [3.8, 4) is 0 Å². The molecule has 1 aromatic heterocycles. The molecule has 0 saturated carbocycles. The van der Waals surface area contributed by atoms with Gasteiger partial charge in [0.05, 0.1) is 17.8 Å². The normalized spacial score (nSPS) is 20.3. The Hall–Kier alpha value is -1.53. The van der Waals surface area contributed by atoms with Crippen LogP contribution in [0.15, 0.2) is 18.2 Å². The monoisotopic (exact) mass is 318 g/mol. The van der Waals surface area contributed by atoms with Gasteiger partial charge in [-0.15, -0.1) is 0 Å². The molecule has 1 aliphatic rings. The zero-order valence-corrected chi connectivity index (χ0v) is 14.1. The Labute approximate surface area is 135 Å². The van der Waals surface area contributed by atoms with Gasteiger partial charge in [0, 0.05) is 26.2 Å². The molecule has 6 heteroatoms. The van der Waals surface area contributed by atoms with E-state index in [9.17, 15) is 4.79 Å². The fraction of sp³-hybridized carbons (Fsp3) is 0.562. The molecular formula is C16H22N4OS. The van der Waals surface area contributed by atoms with E-state index in [0.29, 0.717) is 5.92 Å². The molecule has 0 N–H and O–H groups in total. The largest absolute Gasteiger partial charge is 0.340 e. The van der Waals surface area contributed by atoms with Crippen molar-refractivity contribution in [1.29, 1.82) is 0 Å². The molecule has 1 atom stereocenters. The third kappa shape index (κ3) is 3.13. The van der Waals surface area contributed by atoms with E-state index in [2.05, 4.69) is 39.6 Å². The van der Waals surface area contributed by atoms with E-state index in [-0.39, 0.29) is 11.9 Å². The SMILES string of the molecule is CC(C)CN1CCN(Cc2ccc3nsnc3c2)C(C)C1=O. The summed E-state index contributed by atoms with van der Waals surface area (Å²) in [5.74, 6) is 0.763. The van der Waals surface area contributed by atoms with Crippen molar-refractivity contribution in [1.82, 2.24) is 18.5 Å². The minimum Gasteiger partial charge on any atom is -0.340 e. The van der Waals surface area contributed by atoms with Crippen molar-refractivity contribution in [2.45, 2.75) is 33.4 Å². The van der Waals surface area contributed by atoms with Crippen molar-refractivity contribution in [2.75, 3.05) is 19.6 Å². The summed E-state index contributed by atoms with van der Waals surface area (Å²) < 4.78 is 8.52. The molecule has 5 nitrogen and oxygen atoms in total. The highest BCUT2D eigenvalue weighted by Gasteiger charge is 2.31. The van der Waals surface area contributed by atoms with E-state index >= 15 is 0 Å². The molecule has 0 spiro atoms. The Morgan fingerprint density at radius 1 is 1.27 bits per heavy atom. The molecule has 2 heterocycles. The van der Waals surface area contributed by atoms with Crippen molar-refractivity contribution in [2.24, 2.45) is 5.92 Å². The number of benzene rings is 1. The highest BCUT2D eigenvalue weighted by Crippen LogP contribution is 2.19.